The lowest BCUT2D eigenvalue weighted by Crippen LogP contribution is -2.40. The SMILES string of the molecule is C=NC1C2CCN(C2)C12CC2. The van der Waals surface area contributed by atoms with E-state index in [4.69, 9.17) is 0 Å². The Kier molecular flexibility index (Phi) is 0.947. The van der Waals surface area contributed by atoms with Crippen molar-refractivity contribution in [2.75, 3.05) is 13.1 Å². The molecular formula is C9H14N2. The van der Waals surface area contributed by atoms with Crippen molar-refractivity contribution in [1.82, 2.24) is 4.90 Å². The molecule has 2 heterocycles. The molecule has 1 spiro atoms. The molecule has 0 aromatic heterocycles. The summed E-state index contributed by atoms with van der Waals surface area (Å²) in [4.78, 5) is 6.94. The smallest absolute Gasteiger partial charge is 0.0716 e. The van der Waals surface area contributed by atoms with Crippen LogP contribution in [0.1, 0.15) is 19.3 Å². The summed E-state index contributed by atoms with van der Waals surface area (Å²) in [5.41, 5.74) is 0.532. The molecule has 3 aliphatic rings. The number of hydrogen-bond donors (Lipinski definition) is 0. The molecule has 0 aromatic carbocycles. The molecule has 0 amide bonds. The van der Waals surface area contributed by atoms with Crippen LogP contribution in [-0.2, 0) is 0 Å². The summed E-state index contributed by atoms with van der Waals surface area (Å²) < 4.78 is 0. The maximum atomic E-state index is 4.29. The van der Waals surface area contributed by atoms with Gasteiger partial charge in [-0.1, -0.05) is 0 Å². The highest BCUT2D eigenvalue weighted by Gasteiger charge is 2.63. The summed E-state index contributed by atoms with van der Waals surface area (Å²) in [5.74, 6) is 0.856. The van der Waals surface area contributed by atoms with Gasteiger partial charge in [-0.15, -0.1) is 0 Å². The lowest BCUT2D eigenvalue weighted by Gasteiger charge is -2.29. The van der Waals surface area contributed by atoms with E-state index in [-0.39, 0.29) is 0 Å². The number of hydrogen-bond acceptors (Lipinski definition) is 2. The van der Waals surface area contributed by atoms with Crippen molar-refractivity contribution in [3.05, 3.63) is 0 Å². The molecule has 11 heavy (non-hydrogen) atoms. The van der Waals surface area contributed by atoms with E-state index in [2.05, 4.69) is 16.6 Å². The number of nitrogens with zero attached hydrogens (tertiary/aromatic N) is 2. The van der Waals surface area contributed by atoms with Crippen LogP contribution in [0.2, 0.25) is 0 Å². The third-order valence-corrected chi connectivity index (χ3v) is 3.81. The molecule has 60 valence electrons. The van der Waals surface area contributed by atoms with Gasteiger partial charge in [0, 0.05) is 12.1 Å². The molecule has 2 saturated heterocycles. The van der Waals surface area contributed by atoms with Crippen LogP contribution in [0.3, 0.4) is 0 Å². The van der Waals surface area contributed by atoms with E-state index >= 15 is 0 Å². The van der Waals surface area contributed by atoms with Crippen LogP contribution >= 0.6 is 0 Å². The van der Waals surface area contributed by atoms with Crippen molar-refractivity contribution in [2.45, 2.75) is 30.8 Å². The minimum atomic E-state index is 0.532. The summed E-state index contributed by atoms with van der Waals surface area (Å²) in [6.07, 6.45) is 4.13. The molecule has 3 rings (SSSR count). The predicted octanol–water partition coefficient (Wildman–Crippen LogP) is 0.924. The number of aliphatic imine (C=N–C) groups is 1. The van der Waals surface area contributed by atoms with Gasteiger partial charge in [0.05, 0.1) is 6.04 Å². The second-order valence-electron chi connectivity index (χ2n) is 4.23. The van der Waals surface area contributed by atoms with E-state index in [1.165, 1.54) is 32.4 Å². The zero-order valence-corrected chi connectivity index (χ0v) is 6.79. The Bertz CT molecular complexity index is 208. The summed E-state index contributed by atoms with van der Waals surface area (Å²) >= 11 is 0. The number of piperidine rings is 1. The maximum Gasteiger partial charge on any atom is 0.0716 e. The van der Waals surface area contributed by atoms with Crippen molar-refractivity contribution < 1.29 is 0 Å². The molecule has 3 unspecified atom stereocenters. The van der Waals surface area contributed by atoms with Crippen LogP contribution in [-0.4, -0.2) is 36.3 Å². The zero-order chi connectivity index (χ0) is 7.47. The van der Waals surface area contributed by atoms with Gasteiger partial charge in [0.25, 0.3) is 0 Å². The van der Waals surface area contributed by atoms with Crippen molar-refractivity contribution in [2.24, 2.45) is 10.9 Å². The first kappa shape index (κ1) is 6.18. The van der Waals surface area contributed by atoms with Gasteiger partial charge >= 0.3 is 0 Å². The van der Waals surface area contributed by atoms with E-state index < -0.39 is 0 Å². The molecule has 0 aromatic rings. The Labute approximate surface area is 67.3 Å². The summed E-state index contributed by atoms with van der Waals surface area (Å²) in [7, 11) is 0. The Balaban J connectivity index is 1.98. The second kappa shape index (κ2) is 1.69. The molecule has 2 aliphatic heterocycles. The van der Waals surface area contributed by atoms with Gasteiger partial charge in [0.1, 0.15) is 0 Å². The molecule has 2 nitrogen and oxygen atoms in total. The molecule has 2 bridgehead atoms. The third kappa shape index (κ3) is 0.560. The van der Waals surface area contributed by atoms with Crippen molar-refractivity contribution in [1.29, 1.82) is 0 Å². The van der Waals surface area contributed by atoms with E-state index in [1.54, 1.807) is 0 Å². The van der Waals surface area contributed by atoms with E-state index in [1.807, 2.05) is 0 Å². The monoisotopic (exact) mass is 150 g/mol. The standard InChI is InChI=1S/C9H14N2/c1-10-8-7-2-5-11(6-7)9(8)3-4-9/h7-8H,1-6H2. The first-order valence-electron chi connectivity index (χ1n) is 4.58. The highest BCUT2D eigenvalue weighted by molar-refractivity contribution is 5.30. The van der Waals surface area contributed by atoms with Crippen molar-refractivity contribution in [3.8, 4) is 0 Å². The summed E-state index contributed by atoms with van der Waals surface area (Å²) in [6, 6.07) is 0.594. The zero-order valence-electron chi connectivity index (χ0n) is 6.79. The fraction of sp³-hybridized carbons (Fsp3) is 0.889. The van der Waals surface area contributed by atoms with Crippen LogP contribution in [0.4, 0.5) is 0 Å². The molecule has 0 N–H and O–H groups in total. The second-order valence-corrected chi connectivity index (χ2v) is 4.23. The minimum Gasteiger partial charge on any atom is -0.295 e. The van der Waals surface area contributed by atoms with Crippen LogP contribution in [0.15, 0.2) is 4.99 Å². The van der Waals surface area contributed by atoms with Gasteiger partial charge in [-0.2, -0.15) is 0 Å². The highest BCUT2D eigenvalue weighted by atomic mass is 15.3. The summed E-state index contributed by atoms with van der Waals surface area (Å²) in [6.45, 7) is 6.36. The molecule has 3 atom stereocenters. The largest absolute Gasteiger partial charge is 0.295 e. The van der Waals surface area contributed by atoms with Gasteiger partial charge in [-0.3, -0.25) is 9.89 Å². The number of fused-ring (bicyclic) bond motifs is 3. The fourth-order valence-electron chi connectivity index (χ4n) is 3.13. The van der Waals surface area contributed by atoms with Crippen LogP contribution < -0.4 is 0 Å². The Hall–Kier alpha value is -0.370. The van der Waals surface area contributed by atoms with E-state index in [9.17, 15) is 0 Å². The topological polar surface area (TPSA) is 15.6 Å². The molecule has 2 heteroatoms. The summed E-state index contributed by atoms with van der Waals surface area (Å²) in [5, 5.41) is 0. The average Bonchev–Trinajstić information content (AvgIpc) is 2.58. The van der Waals surface area contributed by atoms with Gasteiger partial charge in [-0.25, -0.2) is 0 Å². The van der Waals surface area contributed by atoms with Gasteiger partial charge in [-0.05, 0) is 38.4 Å². The Morgan fingerprint density at radius 3 is 2.82 bits per heavy atom. The van der Waals surface area contributed by atoms with Crippen LogP contribution in [0.5, 0.6) is 0 Å². The van der Waals surface area contributed by atoms with Gasteiger partial charge < -0.3 is 0 Å². The Morgan fingerprint density at radius 2 is 2.27 bits per heavy atom. The van der Waals surface area contributed by atoms with E-state index in [0.717, 1.165) is 5.92 Å². The Morgan fingerprint density at radius 1 is 1.45 bits per heavy atom. The molecule has 0 radical (unpaired) electrons. The van der Waals surface area contributed by atoms with Crippen LogP contribution in [0, 0.1) is 5.92 Å². The predicted molar refractivity (Wildman–Crippen MR) is 45.0 cm³/mol. The first-order valence-corrected chi connectivity index (χ1v) is 4.58. The van der Waals surface area contributed by atoms with Crippen molar-refractivity contribution >= 4 is 6.72 Å². The lowest BCUT2D eigenvalue weighted by atomic mass is 9.93. The molecule has 3 fully saturated rings. The van der Waals surface area contributed by atoms with Gasteiger partial charge in [0.15, 0.2) is 0 Å². The molecule has 1 saturated carbocycles. The quantitative estimate of drug-likeness (QED) is 0.508. The first-order chi connectivity index (χ1) is 5.37. The maximum absolute atomic E-state index is 4.29. The third-order valence-electron chi connectivity index (χ3n) is 3.81. The fourth-order valence-corrected chi connectivity index (χ4v) is 3.13. The van der Waals surface area contributed by atoms with E-state index in [0.29, 0.717) is 11.6 Å². The number of rotatable bonds is 1. The molecular weight excluding hydrogens is 136 g/mol. The average molecular weight is 150 g/mol. The minimum absolute atomic E-state index is 0.532. The molecule has 1 aliphatic carbocycles. The highest BCUT2D eigenvalue weighted by Crippen LogP contribution is 2.56. The lowest BCUT2D eigenvalue weighted by molar-refractivity contribution is 0.220. The van der Waals surface area contributed by atoms with Crippen LogP contribution in [0.25, 0.3) is 0 Å². The normalized spacial score (nSPS) is 50.0. The van der Waals surface area contributed by atoms with Crippen molar-refractivity contribution in [3.63, 3.8) is 0 Å². The van der Waals surface area contributed by atoms with Gasteiger partial charge in [0.2, 0.25) is 0 Å².